The van der Waals surface area contributed by atoms with Crippen molar-refractivity contribution in [3.8, 4) is 0 Å². The van der Waals surface area contributed by atoms with Crippen molar-refractivity contribution in [3.05, 3.63) is 57.3 Å². The molecule has 0 spiro atoms. The minimum absolute atomic E-state index is 0.0202. The molecule has 1 aromatic carbocycles. The fraction of sp³-hybridized carbons (Fsp3) is 0.267. The van der Waals surface area contributed by atoms with E-state index in [0.717, 1.165) is 28.0 Å². The lowest BCUT2D eigenvalue weighted by Crippen LogP contribution is -2.07. The van der Waals surface area contributed by atoms with E-state index in [4.69, 9.17) is 11.6 Å². The summed E-state index contributed by atoms with van der Waals surface area (Å²) in [5.41, 5.74) is 3.95. The summed E-state index contributed by atoms with van der Waals surface area (Å²) >= 11 is 9.19. The van der Waals surface area contributed by atoms with Crippen LogP contribution in [0.3, 0.4) is 0 Å². The number of hydrogen-bond acceptors (Lipinski definition) is 1. The SMILES string of the molecule is Cc1cc(C(=O)CCl)c(C)n1Cc1ccccc1Br. The molecule has 0 amide bonds. The van der Waals surface area contributed by atoms with Crippen LogP contribution in [0.2, 0.25) is 0 Å². The number of aromatic nitrogens is 1. The Balaban J connectivity index is 2.39. The number of benzene rings is 1. The summed E-state index contributed by atoms with van der Waals surface area (Å²) in [5, 5.41) is 0. The molecular weight excluding hydrogens is 326 g/mol. The van der Waals surface area contributed by atoms with Crippen molar-refractivity contribution in [1.29, 1.82) is 0 Å². The third-order valence-electron chi connectivity index (χ3n) is 3.28. The Morgan fingerprint density at radius 1 is 1.32 bits per heavy atom. The topological polar surface area (TPSA) is 22.0 Å². The van der Waals surface area contributed by atoms with Gasteiger partial charge in [-0.25, -0.2) is 0 Å². The Morgan fingerprint density at radius 3 is 2.63 bits per heavy atom. The van der Waals surface area contributed by atoms with Crippen molar-refractivity contribution < 1.29 is 4.79 Å². The van der Waals surface area contributed by atoms with Crippen molar-refractivity contribution in [2.24, 2.45) is 0 Å². The van der Waals surface area contributed by atoms with Crippen molar-refractivity contribution >= 4 is 33.3 Å². The van der Waals surface area contributed by atoms with Crippen LogP contribution in [-0.4, -0.2) is 16.2 Å². The fourth-order valence-corrected chi connectivity index (χ4v) is 2.75. The standard InChI is InChI=1S/C15H15BrClNO/c1-10-7-13(15(19)8-17)11(2)18(10)9-12-5-3-4-6-14(12)16/h3-7H,8-9H2,1-2H3. The van der Waals surface area contributed by atoms with Crippen LogP contribution in [0.15, 0.2) is 34.8 Å². The first kappa shape index (κ1) is 14.4. The minimum atomic E-state index is -0.0202. The number of alkyl halides is 1. The van der Waals surface area contributed by atoms with Gasteiger partial charge in [0.1, 0.15) is 0 Å². The van der Waals surface area contributed by atoms with Gasteiger partial charge in [-0.3, -0.25) is 4.79 Å². The highest BCUT2D eigenvalue weighted by Crippen LogP contribution is 2.22. The van der Waals surface area contributed by atoms with Gasteiger partial charge >= 0.3 is 0 Å². The Bertz CT molecular complexity index is 619. The van der Waals surface area contributed by atoms with E-state index in [2.05, 4.69) is 26.6 Å². The molecule has 4 heteroatoms. The van der Waals surface area contributed by atoms with Gasteiger partial charge in [-0.2, -0.15) is 0 Å². The number of ketones is 1. The highest BCUT2D eigenvalue weighted by molar-refractivity contribution is 9.10. The molecular formula is C15H15BrClNO. The van der Waals surface area contributed by atoms with Crippen LogP contribution in [0, 0.1) is 13.8 Å². The quantitative estimate of drug-likeness (QED) is 0.599. The van der Waals surface area contributed by atoms with Gasteiger partial charge in [-0.1, -0.05) is 34.1 Å². The predicted molar refractivity (Wildman–Crippen MR) is 82.2 cm³/mol. The molecule has 0 saturated heterocycles. The van der Waals surface area contributed by atoms with Crippen molar-refractivity contribution in [3.63, 3.8) is 0 Å². The molecule has 0 atom stereocenters. The lowest BCUT2D eigenvalue weighted by Gasteiger charge is -2.11. The molecule has 1 heterocycles. The minimum Gasteiger partial charge on any atom is -0.344 e. The number of rotatable bonds is 4. The van der Waals surface area contributed by atoms with E-state index >= 15 is 0 Å². The second kappa shape index (κ2) is 5.93. The summed E-state index contributed by atoms with van der Waals surface area (Å²) in [6.07, 6.45) is 0. The molecule has 2 nitrogen and oxygen atoms in total. The normalized spacial score (nSPS) is 10.7. The van der Waals surface area contributed by atoms with Gasteiger partial charge in [0.2, 0.25) is 0 Å². The maximum Gasteiger partial charge on any atom is 0.179 e. The number of halogens is 2. The summed E-state index contributed by atoms with van der Waals surface area (Å²) in [4.78, 5) is 11.8. The van der Waals surface area contributed by atoms with Crippen LogP contribution in [0.1, 0.15) is 27.3 Å². The van der Waals surface area contributed by atoms with Gasteiger partial charge in [-0.15, -0.1) is 11.6 Å². The molecule has 2 rings (SSSR count). The molecule has 2 aromatic rings. The largest absolute Gasteiger partial charge is 0.344 e. The van der Waals surface area contributed by atoms with E-state index in [1.807, 2.05) is 38.1 Å². The molecule has 19 heavy (non-hydrogen) atoms. The van der Waals surface area contributed by atoms with Crippen molar-refractivity contribution in [2.75, 3.05) is 5.88 Å². The number of hydrogen-bond donors (Lipinski definition) is 0. The Kier molecular flexibility index (Phi) is 4.48. The monoisotopic (exact) mass is 339 g/mol. The molecule has 0 aliphatic rings. The van der Waals surface area contributed by atoms with Gasteiger partial charge < -0.3 is 4.57 Å². The number of carbonyl (C=O) groups excluding carboxylic acids is 1. The van der Waals surface area contributed by atoms with Crippen molar-refractivity contribution in [2.45, 2.75) is 20.4 Å². The molecule has 0 aliphatic heterocycles. The van der Waals surface area contributed by atoms with E-state index < -0.39 is 0 Å². The van der Waals surface area contributed by atoms with Crippen molar-refractivity contribution in [1.82, 2.24) is 4.57 Å². The second-order valence-corrected chi connectivity index (χ2v) is 5.64. The molecule has 0 fully saturated rings. The summed E-state index contributed by atoms with van der Waals surface area (Å²) in [7, 11) is 0. The van der Waals surface area contributed by atoms with Crippen LogP contribution in [0.4, 0.5) is 0 Å². The van der Waals surface area contributed by atoms with Gasteiger partial charge in [0, 0.05) is 28.0 Å². The zero-order valence-corrected chi connectivity index (χ0v) is 13.3. The third kappa shape index (κ3) is 2.93. The lowest BCUT2D eigenvalue weighted by molar-refractivity contribution is 0.102. The highest BCUT2D eigenvalue weighted by Gasteiger charge is 2.15. The Labute approximate surface area is 126 Å². The predicted octanol–water partition coefficient (Wildman–Crippen LogP) is 4.34. The Hall–Kier alpha value is -1.06. The number of carbonyl (C=O) groups is 1. The van der Waals surface area contributed by atoms with Crippen LogP contribution >= 0.6 is 27.5 Å². The van der Waals surface area contributed by atoms with Crippen LogP contribution in [-0.2, 0) is 6.54 Å². The van der Waals surface area contributed by atoms with Crippen LogP contribution in [0.25, 0.3) is 0 Å². The number of aryl methyl sites for hydroxylation is 1. The van der Waals surface area contributed by atoms with E-state index in [1.165, 1.54) is 5.56 Å². The maximum absolute atomic E-state index is 11.8. The molecule has 1 aromatic heterocycles. The first-order chi connectivity index (χ1) is 9.04. The third-order valence-corrected chi connectivity index (χ3v) is 4.30. The average Bonchev–Trinajstić information content (AvgIpc) is 2.68. The summed E-state index contributed by atoms with van der Waals surface area (Å²) < 4.78 is 3.22. The van der Waals surface area contributed by atoms with Gasteiger partial charge in [0.25, 0.3) is 0 Å². The van der Waals surface area contributed by atoms with Gasteiger partial charge in [0.15, 0.2) is 5.78 Å². The van der Waals surface area contributed by atoms with E-state index in [9.17, 15) is 4.79 Å². The Morgan fingerprint density at radius 2 is 2.00 bits per heavy atom. The van der Waals surface area contributed by atoms with Gasteiger partial charge in [0.05, 0.1) is 5.88 Å². The molecule has 0 N–H and O–H groups in total. The van der Waals surface area contributed by atoms with E-state index in [-0.39, 0.29) is 11.7 Å². The molecule has 0 bridgehead atoms. The molecule has 0 saturated carbocycles. The molecule has 0 radical (unpaired) electrons. The second-order valence-electron chi connectivity index (χ2n) is 4.52. The number of Topliss-reactive ketones (excluding diaryl/α,β-unsaturated/α-hetero) is 1. The first-order valence-electron chi connectivity index (χ1n) is 6.04. The lowest BCUT2D eigenvalue weighted by atomic mass is 10.2. The molecule has 0 unspecified atom stereocenters. The smallest absolute Gasteiger partial charge is 0.179 e. The molecule has 100 valence electrons. The fourth-order valence-electron chi connectivity index (χ4n) is 2.20. The first-order valence-corrected chi connectivity index (χ1v) is 7.36. The zero-order chi connectivity index (χ0) is 14.0. The highest BCUT2D eigenvalue weighted by atomic mass is 79.9. The maximum atomic E-state index is 11.8. The van der Waals surface area contributed by atoms with Gasteiger partial charge in [-0.05, 0) is 31.5 Å². The van der Waals surface area contributed by atoms with E-state index in [0.29, 0.717) is 0 Å². The summed E-state index contributed by atoms with van der Waals surface area (Å²) in [6.45, 7) is 4.72. The zero-order valence-electron chi connectivity index (χ0n) is 10.9. The summed E-state index contributed by atoms with van der Waals surface area (Å²) in [6, 6.07) is 10.0. The van der Waals surface area contributed by atoms with Crippen LogP contribution in [0.5, 0.6) is 0 Å². The molecule has 0 aliphatic carbocycles. The average molecular weight is 341 g/mol. The summed E-state index contributed by atoms with van der Waals surface area (Å²) in [5.74, 6) is 0.00687. The van der Waals surface area contributed by atoms with Crippen LogP contribution < -0.4 is 0 Å². The number of nitrogens with zero attached hydrogens (tertiary/aromatic N) is 1. The van der Waals surface area contributed by atoms with E-state index in [1.54, 1.807) is 0 Å².